The minimum Gasteiger partial charge on any atom is -0.493 e. The lowest BCUT2D eigenvalue weighted by molar-refractivity contribution is -0.126. The number of nitrogens with zero attached hydrogens (tertiary/aromatic N) is 2. The number of hydrogen-bond donors (Lipinski definition) is 1. The van der Waals surface area contributed by atoms with Gasteiger partial charge in [-0.2, -0.15) is 0 Å². The number of aromatic carboxylic acids is 1. The fraction of sp³-hybridized carbons (Fsp3) is 0.192. The molecule has 3 aromatic carbocycles. The van der Waals surface area contributed by atoms with Gasteiger partial charge in [0.1, 0.15) is 11.5 Å². The lowest BCUT2D eigenvalue weighted by Gasteiger charge is -2.30. The van der Waals surface area contributed by atoms with Gasteiger partial charge in [-0.3, -0.25) is 14.4 Å². The fourth-order valence-corrected chi connectivity index (χ4v) is 5.11. The molecule has 2 aliphatic rings. The molecule has 1 N–H and O–H groups in total. The third-order valence-electron chi connectivity index (χ3n) is 6.40. The summed E-state index contributed by atoms with van der Waals surface area (Å²) in [5.74, 6) is -3.34. The zero-order chi connectivity index (χ0) is 26.4. The van der Waals surface area contributed by atoms with Gasteiger partial charge in [0, 0.05) is 0 Å². The van der Waals surface area contributed by atoms with Crippen LogP contribution in [-0.2, 0) is 14.4 Å². The first-order valence-electron chi connectivity index (χ1n) is 11.1. The number of carbonyl (C=O) groups excluding carboxylic acids is 2. The molecule has 2 saturated heterocycles. The third kappa shape index (κ3) is 3.96. The summed E-state index contributed by atoms with van der Waals surface area (Å²) in [4.78, 5) is 46.9. The van der Waals surface area contributed by atoms with E-state index < -0.39 is 35.8 Å². The number of halogens is 2. The lowest BCUT2D eigenvalue weighted by atomic mass is 9.87. The van der Waals surface area contributed by atoms with E-state index in [9.17, 15) is 19.5 Å². The molecule has 3 atom stereocenters. The van der Waals surface area contributed by atoms with E-state index in [1.54, 1.807) is 36.4 Å². The number of imide groups is 1. The Morgan fingerprint density at radius 3 is 2.27 bits per heavy atom. The summed E-state index contributed by atoms with van der Waals surface area (Å²) in [7, 11) is 2.72. The first kappa shape index (κ1) is 24.9. The van der Waals surface area contributed by atoms with Crippen molar-refractivity contribution in [1.82, 2.24) is 0 Å². The van der Waals surface area contributed by atoms with Crippen LogP contribution in [0.3, 0.4) is 0 Å². The van der Waals surface area contributed by atoms with Gasteiger partial charge >= 0.3 is 5.97 Å². The van der Waals surface area contributed by atoms with Gasteiger partial charge in [-0.1, -0.05) is 47.5 Å². The molecule has 37 heavy (non-hydrogen) atoms. The molecule has 9 nitrogen and oxygen atoms in total. The van der Waals surface area contributed by atoms with E-state index in [0.29, 0.717) is 5.69 Å². The van der Waals surface area contributed by atoms with Crippen LogP contribution in [0.15, 0.2) is 60.7 Å². The van der Waals surface area contributed by atoms with E-state index >= 15 is 0 Å². The van der Waals surface area contributed by atoms with E-state index in [4.69, 9.17) is 37.5 Å². The molecule has 2 heterocycles. The van der Waals surface area contributed by atoms with Crippen molar-refractivity contribution in [1.29, 1.82) is 0 Å². The van der Waals surface area contributed by atoms with Crippen LogP contribution in [-0.4, -0.2) is 43.2 Å². The Morgan fingerprint density at radius 1 is 0.919 bits per heavy atom. The van der Waals surface area contributed by atoms with Crippen LogP contribution >= 0.6 is 23.2 Å². The number of benzene rings is 3. The number of carbonyl (C=O) groups is 3. The highest BCUT2D eigenvalue weighted by atomic mass is 35.5. The Kier molecular flexibility index (Phi) is 6.45. The maximum absolute atomic E-state index is 13.8. The number of para-hydroxylation sites is 1. The minimum absolute atomic E-state index is 0.0120. The average Bonchev–Trinajstić information content (AvgIpc) is 3.40. The van der Waals surface area contributed by atoms with E-state index in [1.807, 2.05) is 0 Å². The molecule has 0 bridgehead atoms. The first-order valence-corrected chi connectivity index (χ1v) is 11.9. The minimum atomic E-state index is -1.29. The van der Waals surface area contributed by atoms with Crippen molar-refractivity contribution in [2.75, 3.05) is 24.2 Å². The summed E-state index contributed by atoms with van der Waals surface area (Å²) in [6, 6.07) is 15.3. The summed E-state index contributed by atoms with van der Waals surface area (Å²) in [6.07, 6.45) is -1.21. The number of ether oxygens (including phenoxy) is 2. The van der Waals surface area contributed by atoms with Crippen molar-refractivity contribution in [2.45, 2.75) is 12.1 Å². The molecule has 0 saturated carbocycles. The van der Waals surface area contributed by atoms with Crippen molar-refractivity contribution in [3.05, 3.63) is 81.8 Å². The quantitative estimate of drug-likeness (QED) is 0.444. The van der Waals surface area contributed by atoms with E-state index in [0.717, 1.165) is 4.90 Å². The summed E-state index contributed by atoms with van der Waals surface area (Å²) < 4.78 is 10.7. The van der Waals surface area contributed by atoms with Gasteiger partial charge < -0.3 is 14.6 Å². The van der Waals surface area contributed by atoms with Crippen molar-refractivity contribution in [3.8, 4) is 11.5 Å². The smallest absolute Gasteiger partial charge is 0.339 e. The van der Waals surface area contributed by atoms with Crippen molar-refractivity contribution in [3.63, 3.8) is 0 Å². The van der Waals surface area contributed by atoms with Gasteiger partial charge in [0.25, 0.3) is 5.91 Å². The molecule has 2 fully saturated rings. The number of anilines is 2. The Hall–Kier alpha value is -3.79. The second-order valence-corrected chi connectivity index (χ2v) is 9.15. The third-order valence-corrected chi connectivity index (χ3v) is 7.14. The zero-order valence-corrected chi connectivity index (χ0v) is 21.1. The summed E-state index contributed by atoms with van der Waals surface area (Å²) in [6.45, 7) is 0. The summed E-state index contributed by atoms with van der Waals surface area (Å²) in [5, 5.41) is 12.0. The number of amides is 2. The Balaban J connectivity index is 1.69. The van der Waals surface area contributed by atoms with Crippen molar-refractivity contribution >= 4 is 52.4 Å². The number of methoxy groups -OCH3 is 2. The molecule has 2 aliphatic heterocycles. The van der Waals surface area contributed by atoms with Crippen molar-refractivity contribution < 1.29 is 33.8 Å². The van der Waals surface area contributed by atoms with Gasteiger partial charge in [0.2, 0.25) is 5.91 Å². The Morgan fingerprint density at radius 2 is 1.65 bits per heavy atom. The number of carboxylic acids is 1. The maximum atomic E-state index is 13.8. The van der Waals surface area contributed by atoms with Gasteiger partial charge in [-0.05, 0) is 42.0 Å². The van der Waals surface area contributed by atoms with Crippen LogP contribution in [0.4, 0.5) is 11.4 Å². The number of carboxylic acid groups (broad SMARTS) is 1. The first-order chi connectivity index (χ1) is 17.8. The summed E-state index contributed by atoms with van der Waals surface area (Å²) in [5.41, 5.74) is 0.789. The number of hydroxylamine groups is 1. The van der Waals surface area contributed by atoms with Crippen LogP contribution in [0, 0.1) is 5.92 Å². The molecule has 0 aliphatic carbocycles. The van der Waals surface area contributed by atoms with Crippen LogP contribution in [0.1, 0.15) is 22.0 Å². The van der Waals surface area contributed by atoms with Gasteiger partial charge in [0.05, 0.1) is 41.7 Å². The summed E-state index contributed by atoms with van der Waals surface area (Å²) >= 11 is 12.2. The normalized spacial score (nSPS) is 20.8. The molecule has 0 spiro atoms. The number of fused-ring (bicyclic) bond motifs is 1. The molecule has 0 unspecified atom stereocenters. The Labute approximate surface area is 221 Å². The van der Waals surface area contributed by atoms with Crippen LogP contribution in [0.2, 0.25) is 10.0 Å². The fourth-order valence-electron chi connectivity index (χ4n) is 4.82. The molecule has 0 radical (unpaired) electrons. The molecule has 0 aromatic heterocycles. The largest absolute Gasteiger partial charge is 0.493 e. The van der Waals surface area contributed by atoms with E-state index in [-0.39, 0.29) is 38.4 Å². The highest BCUT2D eigenvalue weighted by Crippen LogP contribution is 2.50. The molecule has 190 valence electrons. The standard InChI is InChI=1S/C26H20Cl2N2O7/c1-35-18-11-9-15(19(26(33)34)22(18)36-2)21-20-23(37-30(21)13-6-4-3-5-7-13)25(32)29(24(20)31)14-8-10-16(27)17(28)12-14/h3-12,20-21,23H,1-2H3,(H,33,34)/t20-,21+,23+/m1/s1. The highest BCUT2D eigenvalue weighted by molar-refractivity contribution is 6.42. The van der Waals surface area contributed by atoms with E-state index in [2.05, 4.69) is 0 Å². The SMILES string of the molecule is COc1ccc([C@H]2[C@H]3C(=O)N(c4ccc(Cl)c(Cl)c4)C(=O)[C@H]3ON2c2ccccc2)c(C(=O)O)c1OC. The van der Waals surface area contributed by atoms with E-state index in [1.165, 1.54) is 43.5 Å². The average molecular weight is 543 g/mol. The predicted octanol–water partition coefficient (Wildman–Crippen LogP) is 4.76. The second kappa shape index (κ2) is 9.59. The molecular formula is C26H20Cl2N2O7. The lowest BCUT2D eigenvalue weighted by Crippen LogP contribution is -2.37. The van der Waals surface area contributed by atoms with Crippen LogP contribution in [0.25, 0.3) is 0 Å². The topological polar surface area (TPSA) is 106 Å². The molecule has 5 rings (SSSR count). The number of rotatable bonds is 6. The zero-order valence-electron chi connectivity index (χ0n) is 19.6. The molecule has 11 heteroatoms. The van der Waals surface area contributed by atoms with Gasteiger partial charge in [-0.25, -0.2) is 14.8 Å². The monoisotopic (exact) mass is 542 g/mol. The van der Waals surface area contributed by atoms with Gasteiger partial charge in [-0.15, -0.1) is 0 Å². The second-order valence-electron chi connectivity index (χ2n) is 8.34. The molecule has 2 amide bonds. The van der Waals surface area contributed by atoms with Crippen LogP contribution < -0.4 is 19.4 Å². The van der Waals surface area contributed by atoms with Gasteiger partial charge in [0.15, 0.2) is 17.6 Å². The van der Waals surface area contributed by atoms with Crippen molar-refractivity contribution in [2.24, 2.45) is 5.92 Å². The number of hydrogen-bond acceptors (Lipinski definition) is 7. The molecule has 3 aromatic rings. The van der Waals surface area contributed by atoms with Crippen LogP contribution in [0.5, 0.6) is 11.5 Å². The maximum Gasteiger partial charge on any atom is 0.339 e. The Bertz CT molecular complexity index is 1420. The predicted molar refractivity (Wildman–Crippen MR) is 135 cm³/mol. The molecular weight excluding hydrogens is 523 g/mol. The highest BCUT2D eigenvalue weighted by Gasteiger charge is 2.61.